The lowest BCUT2D eigenvalue weighted by Gasteiger charge is -2.49. The Morgan fingerprint density at radius 3 is 1.22 bits per heavy atom. The molecule has 0 amide bonds. The zero-order valence-corrected chi connectivity index (χ0v) is 59.5. The Balaban J connectivity index is 1.79. The molecule has 2 saturated heterocycles. The molecule has 1 aliphatic carbocycles. The van der Waals surface area contributed by atoms with Crippen molar-refractivity contribution in [1.82, 2.24) is 0 Å². The summed E-state index contributed by atoms with van der Waals surface area (Å²) in [4.78, 5) is 50.7. The van der Waals surface area contributed by atoms with Gasteiger partial charge in [0, 0.05) is 18.6 Å². The van der Waals surface area contributed by atoms with Gasteiger partial charge in [-0.05, 0) is 32.1 Å². The molecule has 0 radical (unpaired) electrons. The summed E-state index contributed by atoms with van der Waals surface area (Å²) >= 11 is 0. The molecule has 18 atom stereocenters. The van der Waals surface area contributed by atoms with E-state index < -0.39 is 156 Å². The number of hydrogen-bond acceptors (Lipinski definition) is 23. The molecule has 3 fully saturated rings. The van der Waals surface area contributed by atoms with E-state index in [-0.39, 0.29) is 6.42 Å². The van der Waals surface area contributed by atoms with Crippen molar-refractivity contribution in [3.05, 3.63) is 48.6 Å². The van der Waals surface area contributed by atoms with E-state index in [9.17, 15) is 74.9 Å². The smallest absolute Gasteiger partial charge is 0.463 e. The first kappa shape index (κ1) is 88.1. The molecule has 2 heterocycles. The van der Waals surface area contributed by atoms with Crippen LogP contribution in [0.25, 0.3) is 0 Å². The average molecular weight is 1410 g/mol. The second-order valence-electron chi connectivity index (χ2n) is 26.5. The monoisotopic (exact) mass is 1410 g/mol. The fourth-order valence-corrected chi connectivity index (χ4v) is 13.0. The van der Waals surface area contributed by atoms with Crippen LogP contribution in [0.4, 0.5) is 0 Å². The number of ether oxygens (including phenoxy) is 7. The minimum absolute atomic E-state index is 0.0231. The van der Waals surface area contributed by atoms with E-state index in [2.05, 4.69) is 20.8 Å². The molecule has 564 valence electrons. The van der Waals surface area contributed by atoms with Gasteiger partial charge < -0.3 is 89.1 Å². The van der Waals surface area contributed by atoms with Gasteiger partial charge in [0.25, 0.3) is 0 Å². The number of hydrogen-bond donors (Lipinski definition) is 11. The van der Waals surface area contributed by atoms with Gasteiger partial charge in [-0.3, -0.25) is 13.8 Å². The van der Waals surface area contributed by atoms with E-state index in [0.717, 1.165) is 95.6 Å². The molecule has 0 aromatic rings. The quantitative estimate of drug-likeness (QED) is 0.00673. The molecule has 18 unspecified atom stereocenters. The summed E-state index contributed by atoms with van der Waals surface area (Å²) in [5.74, 6) is -2.50. The first-order valence-corrected chi connectivity index (χ1v) is 38.5. The molecule has 0 spiro atoms. The summed E-state index contributed by atoms with van der Waals surface area (Å²) in [7, 11) is -5.74. The third kappa shape index (κ3) is 37.1. The number of carbonyl (C=O) groups excluding carboxylic acids is 3. The first-order valence-electron chi connectivity index (χ1n) is 37.0. The largest absolute Gasteiger partial charge is 0.472 e. The van der Waals surface area contributed by atoms with Gasteiger partial charge in [0.2, 0.25) is 0 Å². The van der Waals surface area contributed by atoms with Gasteiger partial charge in [-0.15, -0.1) is 0 Å². The van der Waals surface area contributed by atoms with Crippen LogP contribution in [-0.4, -0.2) is 204 Å². The van der Waals surface area contributed by atoms with Crippen molar-refractivity contribution in [2.75, 3.05) is 26.4 Å². The van der Waals surface area contributed by atoms with Gasteiger partial charge in [0.15, 0.2) is 18.7 Å². The zero-order valence-electron chi connectivity index (χ0n) is 58.6. The van der Waals surface area contributed by atoms with E-state index in [0.29, 0.717) is 6.42 Å². The number of rotatable bonds is 56. The lowest BCUT2D eigenvalue weighted by Crippen LogP contribution is -2.69. The molecule has 3 rings (SSSR count). The summed E-state index contributed by atoms with van der Waals surface area (Å²) in [5, 5.41) is 110. The summed E-state index contributed by atoms with van der Waals surface area (Å²) in [5.41, 5.74) is 0. The summed E-state index contributed by atoms with van der Waals surface area (Å²) in [6, 6.07) is 0. The highest BCUT2D eigenvalue weighted by atomic mass is 31.2. The van der Waals surface area contributed by atoms with Crippen molar-refractivity contribution < 1.29 is 117 Å². The SMILES string of the molecule is CCCCCCCCCCCCC/C=C/C=C/C(=O)OCC(COP(=O)(O)OC1C(OC2OC(CO)C(O)C(O)C2O)C(O)C(O)C(O)C1OC1OC(COC(=O)CCCCCCCCCCCCCC)C(O)C(O)C1O)OC(=O)/C=C/C=C/CCCCCCCCCCCCC. The lowest BCUT2D eigenvalue weighted by atomic mass is 9.84. The normalized spacial score (nSPS) is 28.1. The van der Waals surface area contributed by atoms with Crippen molar-refractivity contribution in [2.24, 2.45) is 0 Å². The summed E-state index contributed by atoms with van der Waals surface area (Å²) in [6.45, 7) is 3.20. The van der Waals surface area contributed by atoms with E-state index in [1.165, 1.54) is 153 Å². The van der Waals surface area contributed by atoms with Crippen molar-refractivity contribution in [3.63, 3.8) is 0 Å². The van der Waals surface area contributed by atoms with Gasteiger partial charge in [-0.2, -0.15) is 0 Å². The van der Waals surface area contributed by atoms with Crippen LogP contribution in [0.2, 0.25) is 0 Å². The Kier molecular flexibility index (Phi) is 48.8. The lowest BCUT2D eigenvalue weighted by molar-refractivity contribution is -0.360. The number of aliphatic hydroxyl groups excluding tert-OH is 10. The molecule has 0 bridgehead atoms. The maximum absolute atomic E-state index is 14.3. The highest BCUT2D eigenvalue weighted by molar-refractivity contribution is 7.47. The molecular formula is C72H127O24P. The first-order chi connectivity index (χ1) is 46.8. The van der Waals surface area contributed by atoms with E-state index in [4.69, 9.17) is 42.2 Å². The van der Waals surface area contributed by atoms with Crippen LogP contribution >= 0.6 is 7.82 Å². The minimum atomic E-state index is -5.74. The summed E-state index contributed by atoms with van der Waals surface area (Å²) in [6.07, 6.45) is 17.6. The van der Waals surface area contributed by atoms with Gasteiger partial charge >= 0.3 is 25.7 Å². The molecule has 3 aliphatic rings. The van der Waals surface area contributed by atoms with Crippen molar-refractivity contribution >= 4 is 25.7 Å². The fraction of sp³-hybridized carbons (Fsp3) is 0.847. The van der Waals surface area contributed by atoms with Crippen LogP contribution in [0, 0.1) is 0 Å². The number of allylic oxidation sites excluding steroid dienone is 6. The highest BCUT2D eigenvalue weighted by Crippen LogP contribution is 2.49. The maximum Gasteiger partial charge on any atom is 0.472 e. The average Bonchev–Trinajstić information content (AvgIpc) is 0.763. The molecule has 25 heteroatoms. The zero-order chi connectivity index (χ0) is 71.1. The van der Waals surface area contributed by atoms with Gasteiger partial charge in [0.05, 0.1) is 13.2 Å². The molecule has 2 aliphatic heterocycles. The van der Waals surface area contributed by atoms with Crippen molar-refractivity contribution in [3.8, 4) is 0 Å². The molecule has 97 heavy (non-hydrogen) atoms. The van der Waals surface area contributed by atoms with E-state index in [1.54, 1.807) is 12.2 Å². The fourth-order valence-electron chi connectivity index (χ4n) is 12.0. The van der Waals surface area contributed by atoms with Crippen molar-refractivity contribution in [2.45, 2.75) is 362 Å². The van der Waals surface area contributed by atoms with Crippen LogP contribution in [0.15, 0.2) is 48.6 Å². The van der Waals surface area contributed by atoms with Gasteiger partial charge in [-0.1, -0.05) is 256 Å². The second kappa shape index (κ2) is 53.7. The number of phosphoric acid groups is 1. The minimum Gasteiger partial charge on any atom is -0.463 e. The second-order valence-corrected chi connectivity index (χ2v) is 27.9. The molecule has 11 N–H and O–H groups in total. The van der Waals surface area contributed by atoms with Crippen LogP contribution in [-0.2, 0) is 61.2 Å². The number of aliphatic hydroxyl groups is 10. The maximum atomic E-state index is 14.3. The molecule has 24 nitrogen and oxygen atoms in total. The molecule has 0 aromatic heterocycles. The van der Waals surface area contributed by atoms with Crippen LogP contribution in [0.5, 0.6) is 0 Å². The van der Waals surface area contributed by atoms with Gasteiger partial charge in [-0.25, -0.2) is 14.2 Å². The van der Waals surface area contributed by atoms with E-state index >= 15 is 0 Å². The van der Waals surface area contributed by atoms with Crippen molar-refractivity contribution in [1.29, 1.82) is 0 Å². The standard InChI is InChI=1S/C72H127O24P/c1-4-7-10-13-16-19-22-25-27-29-32-35-37-40-43-46-56(74)88-50-53(91-58(76)48-45-42-39-36-33-30-28-26-23-20-17-14-11-8-5-2)51-90-97(86,87)96-70-68(94-71-66(84)61(79)59(77)54(49-73)92-71)64(82)63(81)65(83)69(70)95-72-67(85)62(80)60(78)55(93-72)52-89-57(75)47-44-41-38-34-31-24-21-18-15-12-9-6-3/h37,39-40,42-43,45-46,48,53-55,59-73,77-85H,4-36,38,41,44,47,49-52H2,1-3H3,(H,86,87)/b40-37+,42-39+,46-43+,48-45+. The Morgan fingerprint density at radius 2 is 0.794 bits per heavy atom. The Morgan fingerprint density at radius 1 is 0.423 bits per heavy atom. The highest BCUT2D eigenvalue weighted by Gasteiger charge is 2.58. The van der Waals surface area contributed by atoms with Crippen LogP contribution in [0.3, 0.4) is 0 Å². The summed E-state index contributed by atoms with van der Waals surface area (Å²) < 4.78 is 64.5. The third-order valence-corrected chi connectivity index (χ3v) is 19.0. The van der Waals surface area contributed by atoms with Gasteiger partial charge in [0.1, 0.15) is 98.7 Å². The number of esters is 3. The Hall–Kier alpha value is -3.08. The molecule has 1 saturated carbocycles. The predicted octanol–water partition coefficient (Wildman–Crippen LogP) is 9.68. The molecular weight excluding hydrogens is 1280 g/mol. The Labute approximate surface area is 578 Å². The predicted molar refractivity (Wildman–Crippen MR) is 365 cm³/mol. The number of unbranched alkanes of at least 4 members (excludes halogenated alkanes) is 33. The number of phosphoric ester groups is 1. The Bertz CT molecular complexity index is 2200. The third-order valence-electron chi connectivity index (χ3n) is 18.0. The molecule has 0 aromatic carbocycles. The van der Waals surface area contributed by atoms with E-state index in [1.807, 2.05) is 12.2 Å². The van der Waals surface area contributed by atoms with Crippen LogP contribution < -0.4 is 0 Å². The van der Waals surface area contributed by atoms with Crippen LogP contribution in [0.1, 0.15) is 258 Å². The topological polar surface area (TPSA) is 374 Å². The number of carbonyl (C=O) groups is 3.